The highest BCUT2D eigenvalue weighted by Crippen LogP contribution is 2.25. The normalized spacial score (nSPS) is 10.2. The molecule has 108 valence electrons. The minimum Gasteiger partial charge on any atom is -0.397 e. The van der Waals surface area contributed by atoms with Gasteiger partial charge >= 0.3 is 0 Å². The third kappa shape index (κ3) is 3.23. The van der Waals surface area contributed by atoms with Crippen LogP contribution in [0.25, 0.3) is 0 Å². The Bertz CT molecular complexity index is 735. The van der Waals surface area contributed by atoms with Crippen LogP contribution in [0.2, 0.25) is 5.15 Å². The van der Waals surface area contributed by atoms with Crippen molar-refractivity contribution in [3.63, 3.8) is 0 Å². The van der Waals surface area contributed by atoms with Gasteiger partial charge in [0.25, 0.3) is 11.6 Å². The topological polar surface area (TPSA) is 124 Å². The van der Waals surface area contributed by atoms with Crippen LogP contribution in [-0.4, -0.2) is 21.0 Å². The first-order valence-electron chi connectivity index (χ1n) is 5.73. The molecule has 0 spiro atoms. The van der Waals surface area contributed by atoms with Crippen LogP contribution in [0.3, 0.4) is 0 Å². The molecule has 0 aliphatic carbocycles. The quantitative estimate of drug-likeness (QED) is 0.508. The van der Waals surface area contributed by atoms with Crippen LogP contribution in [0.5, 0.6) is 0 Å². The summed E-state index contributed by atoms with van der Waals surface area (Å²) in [5, 5.41) is 20.6. The molecular weight excluding hydrogens is 298 g/mol. The van der Waals surface area contributed by atoms with Crippen molar-refractivity contribution in [2.24, 2.45) is 0 Å². The molecule has 0 bridgehead atoms. The molecule has 1 heterocycles. The molecule has 0 atom stereocenters. The fourth-order valence-corrected chi connectivity index (χ4v) is 1.76. The monoisotopic (exact) mass is 307 g/mol. The Balaban J connectivity index is 2.33. The Morgan fingerprint density at radius 3 is 2.76 bits per heavy atom. The molecule has 9 heteroatoms. The third-order valence-corrected chi connectivity index (χ3v) is 2.87. The van der Waals surface area contributed by atoms with E-state index in [2.05, 4.69) is 15.5 Å². The van der Waals surface area contributed by atoms with Gasteiger partial charge in [-0.3, -0.25) is 14.9 Å². The van der Waals surface area contributed by atoms with E-state index >= 15 is 0 Å². The number of aromatic nitrogens is 2. The molecule has 2 rings (SSSR count). The third-order valence-electron chi connectivity index (χ3n) is 2.69. The average Bonchev–Trinajstić information content (AvgIpc) is 2.43. The number of carbonyl (C=O) groups is 1. The van der Waals surface area contributed by atoms with E-state index in [4.69, 9.17) is 17.3 Å². The zero-order chi connectivity index (χ0) is 15.6. The van der Waals surface area contributed by atoms with Crippen molar-refractivity contribution in [3.8, 4) is 0 Å². The highest BCUT2D eigenvalue weighted by molar-refractivity contribution is 6.29. The Morgan fingerprint density at radius 2 is 2.10 bits per heavy atom. The number of rotatable bonds is 3. The van der Waals surface area contributed by atoms with Crippen molar-refractivity contribution in [2.45, 2.75) is 6.92 Å². The summed E-state index contributed by atoms with van der Waals surface area (Å²) in [6.45, 7) is 1.59. The van der Waals surface area contributed by atoms with Gasteiger partial charge in [-0.15, -0.1) is 5.10 Å². The SMILES string of the molecule is Cc1nnc(Cl)cc1C(=O)Nc1cc([N+](=O)[O-])ccc1N. The molecule has 0 unspecified atom stereocenters. The summed E-state index contributed by atoms with van der Waals surface area (Å²) in [6.07, 6.45) is 0. The lowest BCUT2D eigenvalue weighted by Crippen LogP contribution is -2.15. The summed E-state index contributed by atoms with van der Waals surface area (Å²) in [5.41, 5.74) is 6.45. The first-order chi connectivity index (χ1) is 9.88. The number of benzene rings is 1. The van der Waals surface area contributed by atoms with Gasteiger partial charge in [-0.05, 0) is 19.1 Å². The second kappa shape index (κ2) is 5.71. The first kappa shape index (κ1) is 14.7. The predicted octanol–water partition coefficient (Wildman–Crippen LogP) is 2.18. The van der Waals surface area contributed by atoms with Crippen molar-refractivity contribution < 1.29 is 9.72 Å². The molecule has 0 radical (unpaired) electrons. The van der Waals surface area contributed by atoms with Crippen LogP contribution in [0.1, 0.15) is 16.1 Å². The summed E-state index contributed by atoms with van der Waals surface area (Å²) in [7, 11) is 0. The van der Waals surface area contributed by atoms with E-state index in [1.165, 1.54) is 24.3 Å². The lowest BCUT2D eigenvalue weighted by molar-refractivity contribution is -0.384. The van der Waals surface area contributed by atoms with Crippen LogP contribution < -0.4 is 11.1 Å². The molecule has 0 saturated heterocycles. The van der Waals surface area contributed by atoms with Crippen molar-refractivity contribution >= 4 is 34.6 Å². The Labute approximate surface area is 124 Å². The van der Waals surface area contributed by atoms with E-state index in [9.17, 15) is 14.9 Å². The number of nitrogen functional groups attached to an aromatic ring is 1. The van der Waals surface area contributed by atoms with Crippen LogP contribution in [-0.2, 0) is 0 Å². The van der Waals surface area contributed by atoms with E-state index in [1.807, 2.05) is 0 Å². The molecule has 0 fully saturated rings. The molecule has 1 aromatic heterocycles. The van der Waals surface area contributed by atoms with Crippen molar-refractivity contribution in [1.29, 1.82) is 0 Å². The predicted molar refractivity (Wildman–Crippen MR) is 77.2 cm³/mol. The summed E-state index contributed by atoms with van der Waals surface area (Å²) in [6, 6.07) is 5.13. The highest BCUT2D eigenvalue weighted by atomic mass is 35.5. The largest absolute Gasteiger partial charge is 0.397 e. The van der Waals surface area contributed by atoms with Crippen LogP contribution in [0.15, 0.2) is 24.3 Å². The number of halogens is 1. The number of carbonyl (C=O) groups excluding carboxylic acids is 1. The molecule has 2 aromatic rings. The zero-order valence-corrected chi connectivity index (χ0v) is 11.6. The van der Waals surface area contributed by atoms with Gasteiger partial charge in [-0.1, -0.05) is 11.6 Å². The number of nitrogens with two attached hydrogens (primary N) is 1. The van der Waals surface area contributed by atoms with Gasteiger partial charge in [-0.25, -0.2) is 0 Å². The zero-order valence-electron chi connectivity index (χ0n) is 10.8. The second-order valence-corrected chi connectivity index (χ2v) is 4.54. The molecule has 0 aliphatic heterocycles. The number of nitro groups is 1. The van der Waals surface area contributed by atoms with Gasteiger partial charge in [0.15, 0.2) is 5.15 Å². The number of amides is 1. The molecule has 21 heavy (non-hydrogen) atoms. The standard InChI is InChI=1S/C12H10ClN5O3/c1-6-8(5-11(13)17-16-6)12(19)15-10-4-7(18(20)21)2-3-9(10)14/h2-5H,14H2,1H3,(H,15,19). The maximum atomic E-state index is 12.2. The van der Waals surface area contributed by atoms with Crippen LogP contribution in [0, 0.1) is 17.0 Å². The minimum atomic E-state index is -0.578. The molecular formula is C12H10ClN5O3. The summed E-state index contributed by atoms with van der Waals surface area (Å²) in [5.74, 6) is -0.531. The van der Waals surface area contributed by atoms with Gasteiger partial charge in [0.1, 0.15) is 0 Å². The van der Waals surface area contributed by atoms with Crippen LogP contribution >= 0.6 is 11.6 Å². The number of hydrogen-bond donors (Lipinski definition) is 2. The second-order valence-electron chi connectivity index (χ2n) is 4.15. The highest BCUT2D eigenvalue weighted by Gasteiger charge is 2.15. The number of anilines is 2. The molecule has 0 saturated carbocycles. The van der Waals surface area contributed by atoms with Crippen molar-refractivity contribution in [1.82, 2.24) is 10.2 Å². The molecule has 8 nitrogen and oxygen atoms in total. The lowest BCUT2D eigenvalue weighted by atomic mass is 10.2. The van der Waals surface area contributed by atoms with Gasteiger partial charge in [0.05, 0.1) is 27.6 Å². The van der Waals surface area contributed by atoms with Crippen molar-refractivity contribution in [3.05, 3.63) is 50.8 Å². The Morgan fingerprint density at radius 1 is 1.38 bits per heavy atom. The summed E-state index contributed by atoms with van der Waals surface area (Å²) >= 11 is 5.69. The fourth-order valence-electron chi connectivity index (χ4n) is 1.61. The molecule has 3 N–H and O–H groups in total. The minimum absolute atomic E-state index is 0.0674. The molecule has 1 amide bonds. The van der Waals surface area contributed by atoms with Gasteiger partial charge < -0.3 is 11.1 Å². The van der Waals surface area contributed by atoms with E-state index < -0.39 is 10.8 Å². The molecule has 0 aliphatic rings. The van der Waals surface area contributed by atoms with E-state index in [1.54, 1.807) is 6.92 Å². The average molecular weight is 308 g/mol. The first-order valence-corrected chi connectivity index (χ1v) is 6.11. The summed E-state index contributed by atoms with van der Waals surface area (Å²) < 4.78 is 0. The maximum Gasteiger partial charge on any atom is 0.271 e. The van der Waals surface area contributed by atoms with E-state index in [0.29, 0.717) is 5.69 Å². The maximum absolute atomic E-state index is 12.2. The van der Waals surface area contributed by atoms with Crippen LogP contribution in [0.4, 0.5) is 17.1 Å². The van der Waals surface area contributed by atoms with E-state index in [-0.39, 0.29) is 27.8 Å². The number of nitrogens with one attached hydrogen (secondary N) is 1. The number of nitrogens with zero attached hydrogens (tertiary/aromatic N) is 3. The fraction of sp³-hybridized carbons (Fsp3) is 0.0833. The van der Waals surface area contributed by atoms with E-state index in [0.717, 1.165) is 0 Å². The number of non-ortho nitro benzene ring substituents is 1. The Kier molecular flexibility index (Phi) is 3.99. The number of hydrogen-bond acceptors (Lipinski definition) is 6. The number of nitro benzene ring substituents is 1. The lowest BCUT2D eigenvalue weighted by Gasteiger charge is -2.09. The van der Waals surface area contributed by atoms with Gasteiger partial charge in [0, 0.05) is 12.1 Å². The molecule has 1 aromatic carbocycles. The number of aryl methyl sites for hydroxylation is 1. The Hall–Kier alpha value is -2.74. The van der Waals surface area contributed by atoms with Crippen molar-refractivity contribution in [2.75, 3.05) is 11.1 Å². The van der Waals surface area contributed by atoms with Gasteiger partial charge in [0.2, 0.25) is 0 Å². The summed E-state index contributed by atoms with van der Waals surface area (Å²) in [4.78, 5) is 22.3. The van der Waals surface area contributed by atoms with Gasteiger partial charge in [-0.2, -0.15) is 5.10 Å². The smallest absolute Gasteiger partial charge is 0.271 e.